The predicted molar refractivity (Wildman–Crippen MR) is 93.0 cm³/mol. The Balaban J connectivity index is 1.90. The highest BCUT2D eigenvalue weighted by Gasteiger charge is 2.18. The lowest BCUT2D eigenvalue weighted by Crippen LogP contribution is -2.29. The largest absolute Gasteiger partial charge is 0.507 e. The molecule has 1 aromatic heterocycles. The molecule has 0 bridgehead atoms. The summed E-state index contributed by atoms with van der Waals surface area (Å²) in [5.74, 6) is 0.694. The van der Waals surface area contributed by atoms with E-state index < -0.39 is 0 Å². The van der Waals surface area contributed by atoms with Crippen molar-refractivity contribution in [2.24, 2.45) is 0 Å². The smallest absolute Gasteiger partial charge is 0.252 e. The van der Waals surface area contributed by atoms with Gasteiger partial charge < -0.3 is 15.0 Å². The molecule has 4 nitrogen and oxygen atoms in total. The molecule has 0 aliphatic carbocycles. The first kappa shape index (κ1) is 15.8. The summed E-state index contributed by atoms with van der Waals surface area (Å²) in [7, 11) is 2.17. The quantitative estimate of drug-likeness (QED) is 0.915. The summed E-state index contributed by atoms with van der Waals surface area (Å²) < 4.78 is 0. The molecule has 3 rings (SSSR count). The number of hydrogen-bond donors (Lipinski definition) is 2. The molecule has 2 aromatic rings. The zero-order valence-corrected chi connectivity index (χ0v) is 13.8. The van der Waals surface area contributed by atoms with Gasteiger partial charge in [-0.15, -0.1) is 0 Å². The third-order valence-corrected chi connectivity index (χ3v) is 4.87. The highest BCUT2D eigenvalue weighted by atomic mass is 16.3. The Morgan fingerprint density at radius 3 is 2.48 bits per heavy atom. The van der Waals surface area contributed by atoms with Gasteiger partial charge in [-0.1, -0.05) is 31.2 Å². The van der Waals surface area contributed by atoms with E-state index in [1.165, 1.54) is 24.5 Å². The van der Waals surface area contributed by atoms with Crippen LogP contribution < -0.4 is 5.56 Å². The Kier molecular flexibility index (Phi) is 4.53. The number of pyridine rings is 1. The second-order valence-electron chi connectivity index (χ2n) is 6.43. The summed E-state index contributed by atoms with van der Waals surface area (Å²) in [6.07, 6.45) is 3.06. The number of aromatic nitrogens is 1. The van der Waals surface area contributed by atoms with Crippen molar-refractivity contribution in [2.75, 3.05) is 20.1 Å². The lowest BCUT2D eigenvalue weighted by Gasteiger charge is -2.29. The van der Waals surface area contributed by atoms with E-state index >= 15 is 0 Å². The fourth-order valence-corrected chi connectivity index (χ4v) is 3.44. The van der Waals surface area contributed by atoms with Crippen LogP contribution in [0.3, 0.4) is 0 Å². The van der Waals surface area contributed by atoms with Crippen LogP contribution in [-0.2, 0) is 6.42 Å². The average Bonchev–Trinajstić information content (AvgIpc) is 2.55. The summed E-state index contributed by atoms with van der Waals surface area (Å²) in [4.78, 5) is 16.9. The molecule has 0 saturated carbocycles. The van der Waals surface area contributed by atoms with E-state index in [0.29, 0.717) is 12.3 Å². The molecule has 23 heavy (non-hydrogen) atoms. The van der Waals surface area contributed by atoms with Gasteiger partial charge in [-0.2, -0.15) is 0 Å². The zero-order valence-electron chi connectivity index (χ0n) is 13.8. The van der Waals surface area contributed by atoms with Crippen LogP contribution in [0.25, 0.3) is 11.3 Å². The Hall–Kier alpha value is -2.07. The van der Waals surface area contributed by atoms with E-state index in [0.717, 1.165) is 29.9 Å². The number of H-pyrrole nitrogens is 1. The molecular weight excluding hydrogens is 288 g/mol. The van der Waals surface area contributed by atoms with Crippen molar-refractivity contribution >= 4 is 0 Å². The fourth-order valence-electron chi connectivity index (χ4n) is 3.44. The van der Waals surface area contributed by atoms with Gasteiger partial charge in [0, 0.05) is 11.6 Å². The molecule has 1 aromatic carbocycles. The summed E-state index contributed by atoms with van der Waals surface area (Å²) in [6, 6.07) is 9.67. The molecule has 0 unspecified atom stereocenters. The van der Waals surface area contributed by atoms with Crippen LogP contribution in [0, 0.1) is 0 Å². The Labute approximate surface area is 136 Å². The van der Waals surface area contributed by atoms with Crippen molar-refractivity contribution in [3.8, 4) is 17.0 Å². The van der Waals surface area contributed by atoms with E-state index in [9.17, 15) is 9.90 Å². The predicted octanol–water partition coefficient (Wildman–Crippen LogP) is 3.12. The van der Waals surface area contributed by atoms with E-state index in [4.69, 9.17) is 0 Å². The van der Waals surface area contributed by atoms with Gasteiger partial charge >= 0.3 is 0 Å². The number of nitrogens with one attached hydrogen (secondary N) is 1. The van der Waals surface area contributed by atoms with Crippen molar-refractivity contribution < 1.29 is 5.11 Å². The second-order valence-corrected chi connectivity index (χ2v) is 6.43. The maximum atomic E-state index is 11.7. The molecule has 1 fully saturated rings. The number of nitrogens with zero attached hydrogens (tertiary/aromatic N) is 1. The maximum Gasteiger partial charge on any atom is 0.252 e. The highest BCUT2D eigenvalue weighted by Crippen LogP contribution is 2.31. The molecule has 0 spiro atoms. The minimum Gasteiger partial charge on any atom is -0.507 e. The van der Waals surface area contributed by atoms with Gasteiger partial charge in [-0.25, -0.2) is 0 Å². The lowest BCUT2D eigenvalue weighted by molar-refractivity contribution is 0.255. The first-order chi connectivity index (χ1) is 11.1. The van der Waals surface area contributed by atoms with Gasteiger partial charge in [0.05, 0.1) is 5.69 Å². The van der Waals surface area contributed by atoms with Crippen LogP contribution in [0.2, 0.25) is 0 Å². The monoisotopic (exact) mass is 312 g/mol. The van der Waals surface area contributed by atoms with Crippen LogP contribution >= 0.6 is 0 Å². The summed E-state index contributed by atoms with van der Waals surface area (Å²) in [5.41, 5.74) is 3.56. The van der Waals surface area contributed by atoms with Gasteiger partial charge in [-0.3, -0.25) is 4.79 Å². The maximum absolute atomic E-state index is 11.7. The topological polar surface area (TPSA) is 56.3 Å². The molecule has 4 heteroatoms. The van der Waals surface area contributed by atoms with Crippen molar-refractivity contribution in [3.63, 3.8) is 0 Å². The molecule has 1 saturated heterocycles. The first-order valence-corrected chi connectivity index (χ1v) is 8.32. The number of piperidine rings is 1. The SMILES string of the molecule is CCc1c(O)cc(=O)[nH]c1-c1ccc(C2CCN(C)CC2)cc1. The van der Waals surface area contributed by atoms with E-state index in [1.807, 2.05) is 6.92 Å². The van der Waals surface area contributed by atoms with E-state index in [2.05, 4.69) is 41.2 Å². The number of hydrogen-bond acceptors (Lipinski definition) is 3. The first-order valence-electron chi connectivity index (χ1n) is 8.32. The van der Waals surface area contributed by atoms with Gasteiger partial charge in [0.2, 0.25) is 0 Å². The van der Waals surface area contributed by atoms with Crippen LogP contribution in [0.4, 0.5) is 0 Å². The second kappa shape index (κ2) is 6.59. The third kappa shape index (κ3) is 3.32. The normalized spacial score (nSPS) is 16.6. The molecule has 1 aliphatic rings. The number of aromatic hydroxyl groups is 1. The number of rotatable bonds is 3. The van der Waals surface area contributed by atoms with Gasteiger partial charge in [0.1, 0.15) is 5.75 Å². The average molecular weight is 312 g/mol. The summed E-state index contributed by atoms with van der Waals surface area (Å²) >= 11 is 0. The molecular formula is C19H24N2O2. The molecule has 2 N–H and O–H groups in total. The molecule has 122 valence electrons. The van der Waals surface area contributed by atoms with Crippen molar-refractivity contribution in [1.29, 1.82) is 0 Å². The third-order valence-electron chi connectivity index (χ3n) is 4.87. The minimum atomic E-state index is -0.269. The number of likely N-dealkylation sites (tertiary alicyclic amines) is 1. The Morgan fingerprint density at radius 1 is 1.22 bits per heavy atom. The summed E-state index contributed by atoms with van der Waals surface area (Å²) in [6.45, 7) is 4.27. The molecule has 1 aliphatic heterocycles. The van der Waals surface area contributed by atoms with Crippen molar-refractivity contribution in [2.45, 2.75) is 32.1 Å². The van der Waals surface area contributed by atoms with Crippen LogP contribution in [0.15, 0.2) is 35.1 Å². The van der Waals surface area contributed by atoms with Gasteiger partial charge in [0.15, 0.2) is 0 Å². The van der Waals surface area contributed by atoms with E-state index in [-0.39, 0.29) is 11.3 Å². The van der Waals surface area contributed by atoms with Crippen LogP contribution in [0.1, 0.15) is 36.8 Å². The molecule has 2 heterocycles. The Morgan fingerprint density at radius 2 is 1.87 bits per heavy atom. The van der Waals surface area contributed by atoms with Crippen LogP contribution in [-0.4, -0.2) is 35.1 Å². The van der Waals surface area contributed by atoms with Gasteiger partial charge in [0.25, 0.3) is 5.56 Å². The zero-order chi connectivity index (χ0) is 16.4. The van der Waals surface area contributed by atoms with Crippen LogP contribution in [0.5, 0.6) is 5.75 Å². The highest BCUT2D eigenvalue weighted by molar-refractivity contribution is 5.66. The molecule has 0 atom stereocenters. The minimum absolute atomic E-state index is 0.0747. The molecule has 0 amide bonds. The lowest BCUT2D eigenvalue weighted by atomic mass is 9.88. The molecule has 0 radical (unpaired) electrons. The Bertz CT molecular complexity index is 726. The number of aromatic amines is 1. The van der Waals surface area contributed by atoms with Gasteiger partial charge in [-0.05, 0) is 56.4 Å². The van der Waals surface area contributed by atoms with Crippen molar-refractivity contribution in [1.82, 2.24) is 9.88 Å². The fraction of sp³-hybridized carbons (Fsp3) is 0.421. The number of benzene rings is 1. The van der Waals surface area contributed by atoms with E-state index in [1.54, 1.807) is 0 Å². The summed E-state index contributed by atoms with van der Waals surface area (Å²) in [5, 5.41) is 9.99. The standard InChI is InChI=1S/C19H24N2O2/c1-3-16-17(22)12-18(23)20-19(16)15-6-4-13(5-7-15)14-8-10-21(2)11-9-14/h4-7,12,14H,3,8-11H2,1-2H3,(H2,20,22,23). The van der Waals surface area contributed by atoms with Crippen molar-refractivity contribution in [3.05, 3.63) is 51.8 Å².